The van der Waals surface area contributed by atoms with Crippen molar-refractivity contribution in [3.05, 3.63) is 35.1 Å². The minimum Gasteiger partial charge on any atom is -0.317 e. The minimum absolute atomic E-state index is 0.0888. The number of halogens is 1. The molecule has 1 fully saturated rings. The molecule has 1 aliphatic rings. The standard InChI is InChI=1S/C15H22FN/c1-3-17-10-12-5-4-6-15(12)13-7-11(2)8-14(16)9-13/h7-9,12,15,17H,3-6,10H2,1-2H3. The van der Waals surface area contributed by atoms with E-state index in [1.54, 1.807) is 12.1 Å². The van der Waals surface area contributed by atoms with Crippen LogP contribution in [0.4, 0.5) is 4.39 Å². The van der Waals surface area contributed by atoms with Gasteiger partial charge in [0.15, 0.2) is 0 Å². The van der Waals surface area contributed by atoms with Crippen molar-refractivity contribution < 1.29 is 4.39 Å². The molecule has 2 heteroatoms. The second-order valence-corrected chi connectivity index (χ2v) is 5.17. The number of hydrogen-bond donors (Lipinski definition) is 1. The topological polar surface area (TPSA) is 12.0 Å². The van der Waals surface area contributed by atoms with Crippen LogP contribution in [0.15, 0.2) is 18.2 Å². The Morgan fingerprint density at radius 2 is 2.12 bits per heavy atom. The molecule has 1 aromatic carbocycles. The third-order valence-corrected chi connectivity index (χ3v) is 3.81. The summed E-state index contributed by atoms with van der Waals surface area (Å²) in [7, 11) is 0. The van der Waals surface area contributed by atoms with Crippen molar-refractivity contribution in [3.63, 3.8) is 0 Å². The van der Waals surface area contributed by atoms with Crippen molar-refractivity contribution in [1.29, 1.82) is 0 Å². The number of nitrogens with one attached hydrogen (secondary N) is 1. The van der Waals surface area contributed by atoms with Crippen molar-refractivity contribution in [1.82, 2.24) is 5.32 Å². The van der Waals surface area contributed by atoms with Gasteiger partial charge in [0.25, 0.3) is 0 Å². The molecule has 0 saturated heterocycles. The zero-order valence-corrected chi connectivity index (χ0v) is 10.8. The van der Waals surface area contributed by atoms with Gasteiger partial charge < -0.3 is 5.32 Å². The van der Waals surface area contributed by atoms with Crippen LogP contribution in [0.2, 0.25) is 0 Å². The fourth-order valence-corrected chi connectivity index (χ4v) is 3.03. The van der Waals surface area contributed by atoms with Crippen molar-refractivity contribution >= 4 is 0 Å². The minimum atomic E-state index is -0.0888. The van der Waals surface area contributed by atoms with Crippen LogP contribution in [-0.2, 0) is 0 Å². The Morgan fingerprint density at radius 3 is 2.82 bits per heavy atom. The summed E-state index contributed by atoms with van der Waals surface area (Å²) in [6, 6.07) is 5.48. The van der Waals surface area contributed by atoms with Crippen molar-refractivity contribution in [2.45, 2.75) is 39.0 Å². The molecular formula is C15H22FN. The molecule has 17 heavy (non-hydrogen) atoms. The van der Waals surface area contributed by atoms with Crippen LogP contribution in [0.1, 0.15) is 43.2 Å². The van der Waals surface area contributed by atoms with Gasteiger partial charge in [-0.15, -0.1) is 0 Å². The second-order valence-electron chi connectivity index (χ2n) is 5.17. The van der Waals surface area contributed by atoms with Crippen LogP contribution in [0.25, 0.3) is 0 Å². The Balaban J connectivity index is 2.14. The predicted octanol–water partition coefficient (Wildman–Crippen LogP) is 3.63. The van der Waals surface area contributed by atoms with Crippen molar-refractivity contribution in [2.24, 2.45) is 5.92 Å². The molecule has 2 rings (SSSR count). The molecule has 1 saturated carbocycles. The lowest BCUT2D eigenvalue weighted by Gasteiger charge is -2.20. The molecular weight excluding hydrogens is 213 g/mol. The van der Waals surface area contributed by atoms with Crippen LogP contribution in [0.5, 0.6) is 0 Å². The summed E-state index contributed by atoms with van der Waals surface area (Å²) in [4.78, 5) is 0. The van der Waals surface area contributed by atoms with Crippen molar-refractivity contribution in [2.75, 3.05) is 13.1 Å². The third-order valence-electron chi connectivity index (χ3n) is 3.81. The van der Waals surface area contributed by atoms with Gasteiger partial charge in [-0.05, 0) is 68.0 Å². The monoisotopic (exact) mass is 235 g/mol. The maximum Gasteiger partial charge on any atom is 0.123 e. The van der Waals surface area contributed by atoms with Crippen LogP contribution < -0.4 is 5.32 Å². The molecule has 0 aromatic heterocycles. The van der Waals surface area contributed by atoms with Gasteiger partial charge in [-0.3, -0.25) is 0 Å². The van der Waals surface area contributed by atoms with Gasteiger partial charge in [-0.25, -0.2) is 4.39 Å². The quantitative estimate of drug-likeness (QED) is 0.840. The van der Waals surface area contributed by atoms with Gasteiger partial charge in [0.2, 0.25) is 0 Å². The highest BCUT2D eigenvalue weighted by Gasteiger charge is 2.28. The average Bonchev–Trinajstić information content (AvgIpc) is 2.73. The lowest BCUT2D eigenvalue weighted by molar-refractivity contribution is 0.448. The Kier molecular flexibility index (Phi) is 4.16. The summed E-state index contributed by atoms with van der Waals surface area (Å²) < 4.78 is 13.4. The maximum absolute atomic E-state index is 13.4. The molecule has 2 atom stereocenters. The fourth-order valence-electron chi connectivity index (χ4n) is 3.03. The highest BCUT2D eigenvalue weighted by molar-refractivity contribution is 5.28. The molecule has 1 aromatic rings. The average molecular weight is 235 g/mol. The molecule has 2 unspecified atom stereocenters. The number of benzene rings is 1. The second kappa shape index (κ2) is 5.63. The zero-order chi connectivity index (χ0) is 12.3. The van der Waals surface area contributed by atoms with Gasteiger partial charge in [0.05, 0.1) is 0 Å². The first-order chi connectivity index (χ1) is 8.20. The van der Waals surface area contributed by atoms with Gasteiger partial charge >= 0.3 is 0 Å². The predicted molar refractivity (Wildman–Crippen MR) is 69.8 cm³/mol. The van der Waals surface area contributed by atoms with Crippen LogP contribution >= 0.6 is 0 Å². The van der Waals surface area contributed by atoms with Crippen molar-refractivity contribution in [3.8, 4) is 0 Å². The van der Waals surface area contributed by atoms with E-state index in [4.69, 9.17) is 0 Å². The summed E-state index contributed by atoms with van der Waals surface area (Å²) >= 11 is 0. The number of rotatable bonds is 4. The van der Waals surface area contributed by atoms with E-state index in [2.05, 4.69) is 18.3 Å². The SMILES string of the molecule is CCNCC1CCCC1c1cc(C)cc(F)c1. The molecule has 1 N–H and O–H groups in total. The lowest BCUT2D eigenvalue weighted by atomic mass is 9.88. The first kappa shape index (κ1) is 12.6. The highest BCUT2D eigenvalue weighted by Crippen LogP contribution is 2.39. The normalized spacial score (nSPS) is 24.2. The van der Waals surface area contributed by atoms with Gasteiger partial charge in [0, 0.05) is 0 Å². The van der Waals surface area contributed by atoms with Crippen LogP contribution in [0, 0.1) is 18.7 Å². The lowest BCUT2D eigenvalue weighted by Crippen LogP contribution is -2.24. The fraction of sp³-hybridized carbons (Fsp3) is 0.600. The van der Waals surface area contributed by atoms with E-state index < -0.39 is 0 Å². The smallest absolute Gasteiger partial charge is 0.123 e. The molecule has 0 bridgehead atoms. The van der Waals surface area contributed by atoms with E-state index in [0.717, 1.165) is 18.7 Å². The van der Waals surface area contributed by atoms with E-state index in [9.17, 15) is 4.39 Å². The molecule has 1 aliphatic carbocycles. The van der Waals surface area contributed by atoms with E-state index in [0.29, 0.717) is 11.8 Å². The van der Waals surface area contributed by atoms with Gasteiger partial charge in [-0.2, -0.15) is 0 Å². The molecule has 0 heterocycles. The van der Waals surface area contributed by atoms with Gasteiger partial charge in [0.1, 0.15) is 5.82 Å². The first-order valence-corrected chi connectivity index (χ1v) is 6.68. The molecule has 94 valence electrons. The van der Waals surface area contributed by atoms with Crippen LogP contribution in [0.3, 0.4) is 0 Å². The number of aryl methyl sites for hydroxylation is 1. The van der Waals surface area contributed by atoms with Crippen LogP contribution in [-0.4, -0.2) is 13.1 Å². The first-order valence-electron chi connectivity index (χ1n) is 6.68. The Labute approximate surface area is 103 Å². The molecule has 0 spiro atoms. The van der Waals surface area contributed by atoms with E-state index in [-0.39, 0.29) is 5.82 Å². The highest BCUT2D eigenvalue weighted by atomic mass is 19.1. The molecule has 0 aliphatic heterocycles. The summed E-state index contributed by atoms with van der Waals surface area (Å²) in [5.41, 5.74) is 2.23. The Hall–Kier alpha value is -0.890. The Morgan fingerprint density at radius 1 is 1.29 bits per heavy atom. The summed E-state index contributed by atoms with van der Waals surface area (Å²) in [6.07, 6.45) is 3.75. The summed E-state index contributed by atoms with van der Waals surface area (Å²) in [5, 5.41) is 3.43. The molecule has 0 radical (unpaired) electrons. The van der Waals surface area contributed by atoms with E-state index in [1.807, 2.05) is 6.92 Å². The number of hydrogen-bond acceptors (Lipinski definition) is 1. The molecule has 1 nitrogen and oxygen atoms in total. The Bertz CT molecular complexity index is 355. The largest absolute Gasteiger partial charge is 0.317 e. The third kappa shape index (κ3) is 3.06. The van der Waals surface area contributed by atoms with E-state index in [1.165, 1.54) is 24.8 Å². The summed E-state index contributed by atoms with van der Waals surface area (Å²) in [6.45, 7) is 6.19. The summed E-state index contributed by atoms with van der Waals surface area (Å²) in [5.74, 6) is 1.13. The van der Waals surface area contributed by atoms with E-state index >= 15 is 0 Å². The zero-order valence-electron chi connectivity index (χ0n) is 10.8. The van der Waals surface area contributed by atoms with Gasteiger partial charge in [-0.1, -0.05) is 19.4 Å². The maximum atomic E-state index is 13.4. The molecule has 0 amide bonds.